The predicted octanol–water partition coefficient (Wildman–Crippen LogP) is 6.45. The Morgan fingerprint density at radius 3 is 2.44 bits per heavy atom. The fourth-order valence-corrected chi connectivity index (χ4v) is 7.05. The van der Waals surface area contributed by atoms with E-state index >= 15 is 0 Å². The summed E-state index contributed by atoms with van der Waals surface area (Å²) in [6, 6.07) is 18.2. The van der Waals surface area contributed by atoms with E-state index in [1.807, 2.05) is 26.0 Å². The third-order valence-electron chi connectivity index (χ3n) is 7.21. The molecule has 1 atom stereocenters. The molecule has 0 bridgehead atoms. The lowest BCUT2D eigenvalue weighted by atomic mass is 9.91. The fourth-order valence-electron chi connectivity index (χ4n) is 5.29. The maximum Gasteiger partial charge on any atom is 0.210 e. The van der Waals surface area contributed by atoms with Crippen LogP contribution in [0.3, 0.4) is 0 Å². The van der Waals surface area contributed by atoms with E-state index in [9.17, 15) is 8.42 Å². The van der Waals surface area contributed by atoms with Crippen LogP contribution in [0.25, 0.3) is 11.0 Å². The fraction of sp³-hybridized carbons (Fsp3) is 0.355. The Morgan fingerprint density at radius 2 is 1.72 bits per heavy atom. The van der Waals surface area contributed by atoms with Crippen LogP contribution < -0.4 is 19.5 Å². The van der Waals surface area contributed by atoms with Crippen LogP contribution in [0, 0.1) is 0 Å². The second-order valence-corrected chi connectivity index (χ2v) is 11.9. The van der Waals surface area contributed by atoms with Gasteiger partial charge in [-0.25, -0.2) is 8.42 Å². The van der Waals surface area contributed by atoms with E-state index in [0.29, 0.717) is 29.1 Å². The van der Waals surface area contributed by atoms with Gasteiger partial charge in [0.1, 0.15) is 22.0 Å². The van der Waals surface area contributed by atoms with E-state index in [1.54, 1.807) is 50.6 Å². The number of ether oxygens (including phenoxy) is 3. The largest absolute Gasteiger partial charge is 0.493 e. The van der Waals surface area contributed by atoms with Crippen LogP contribution in [0.2, 0.25) is 0 Å². The van der Waals surface area contributed by atoms with Crippen molar-refractivity contribution in [1.82, 2.24) is 5.32 Å². The molecule has 0 aliphatic carbocycles. The number of hydrogen-bond acceptors (Lipinski definition) is 7. The zero-order chi connectivity index (χ0) is 27.6. The Hall–Kier alpha value is -3.49. The predicted molar refractivity (Wildman–Crippen MR) is 151 cm³/mol. The summed E-state index contributed by atoms with van der Waals surface area (Å²) < 4.78 is 50.9. The highest BCUT2D eigenvalue weighted by molar-refractivity contribution is 7.91. The van der Waals surface area contributed by atoms with E-state index in [4.69, 9.17) is 18.6 Å². The van der Waals surface area contributed by atoms with Gasteiger partial charge in [0, 0.05) is 12.0 Å². The van der Waals surface area contributed by atoms with Crippen molar-refractivity contribution in [2.45, 2.75) is 54.9 Å². The quantitative estimate of drug-likeness (QED) is 0.227. The molecule has 4 aromatic rings. The van der Waals surface area contributed by atoms with Gasteiger partial charge in [0.25, 0.3) is 0 Å². The molecule has 2 heterocycles. The summed E-state index contributed by atoms with van der Waals surface area (Å²) in [6.07, 6.45) is 2.57. The van der Waals surface area contributed by atoms with E-state index in [-0.39, 0.29) is 21.8 Å². The van der Waals surface area contributed by atoms with Crippen molar-refractivity contribution in [3.05, 3.63) is 77.6 Å². The number of hydrogen-bond donors (Lipinski definition) is 1. The molecule has 1 aliphatic rings. The highest BCUT2D eigenvalue weighted by Crippen LogP contribution is 2.42. The first-order valence-corrected chi connectivity index (χ1v) is 14.8. The second kappa shape index (κ2) is 11.3. The van der Waals surface area contributed by atoms with Gasteiger partial charge in [-0.05, 0) is 73.3 Å². The zero-order valence-electron chi connectivity index (χ0n) is 22.8. The van der Waals surface area contributed by atoms with Gasteiger partial charge in [0.2, 0.25) is 9.84 Å². The summed E-state index contributed by atoms with van der Waals surface area (Å²) in [5, 5.41) is 4.11. The van der Waals surface area contributed by atoms with Gasteiger partial charge in [-0.15, -0.1) is 0 Å². The standard InChI is InChI=1S/C31H35NO6S/c1-20(2)30-31(39(33,34)22-10-6-5-7-11-22)29-25(13-8-14-26(29)38-30)37-17-9-12-24-23-19-28(36-4)27(35-3)18-21(23)15-16-32-24/h5-8,10-11,13-14,18-20,24,32H,9,12,15-17H2,1-4H3. The minimum Gasteiger partial charge on any atom is -0.493 e. The number of methoxy groups -OCH3 is 2. The Morgan fingerprint density at radius 1 is 0.974 bits per heavy atom. The molecule has 1 unspecified atom stereocenters. The van der Waals surface area contributed by atoms with Crippen molar-refractivity contribution in [1.29, 1.82) is 0 Å². The highest BCUT2D eigenvalue weighted by atomic mass is 32.2. The summed E-state index contributed by atoms with van der Waals surface area (Å²) in [5.74, 6) is 2.31. The van der Waals surface area contributed by atoms with Crippen LogP contribution in [0.4, 0.5) is 0 Å². The second-order valence-electron chi connectivity index (χ2n) is 10.0. The summed E-state index contributed by atoms with van der Waals surface area (Å²) >= 11 is 0. The maximum atomic E-state index is 13.8. The Bertz CT molecular complexity index is 1560. The lowest BCUT2D eigenvalue weighted by Crippen LogP contribution is -2.30. The molecule has 0 amide bonds. The van der Waals surface area contributed by atoms with Crippen molar-refractivity contribution < 1.29 is 27.0 Å². The topological polar surface area (TPSA) is 87.0 Å². The van der Waals surface area contributed by atoms with Gasteiger partial charge in [-0.2, -0.15) is 0 Å². The summed E-state index contributed by atoms with van der Waals surface area (Å²) in [7, 11) is -0.516. The molecule has 1 aliphatic heterocycles. The number of fused-ring (bicyclic) bond motifs is 2. The van der Waals surface area contributed by atoms with Gasteiger partial charge in [0.15, 0.2) is 11.5 Å². The summed E-state index contributed by atoms with van der Waals surface area (Å²) in [6.45, 7) is 5.19. The molecule has 0 saturated carbocycles. The van der Waals surface area contributed by atoms with E-state index < -0.39 is 9.84 Å². The van der Waals surface area contributed by atoms with E-state index in [1.165, 1.54) is 11.1 Å². The van der Waals surface area contributed by atoms with Crippen molar-refractivity contribution in [3.63, 3.8) is 0 Å². The third kappa shape index (κ3) is 5.23. The van der Waals surface area contributed by atoms with E-state index in [0.717, 1.165) is 37.3 Å². The molecule has 1 N–H and O–H groups in total. The molecule has 206 valence electrons. The van der Waals surface area contributed by atoms with Gasteiger partial charge >= 0.3 is 0 Å². The maximum absolute atomic E-state index is 13.8. The SMILES string of the molecule is COc1cc2c(cc1OC)C(CCCOc1cccc3oc(C(C)C)c(S(=O)(=O)c4ccccc4)c13)NCC2. The zero-order valence-corrected chi connectivity index (χ0v) is 23.6. The molecule has 1 aromatic heterocycles. The molecule has 0 saturated heterocycles. The highest BCUT2D eigenvalue weighted by Gasteiger charge is 2.31. The number of nitrogens with one attached hydrogen (secondary N) is 1. The lowest BCUT2D eigenvalue weighted by molar-refractivity contribution is 0.297. The van der Waals surface area contributed by atoms with Crippen LogP contribution in [-0.2, 0) is 16.3 Å². The molecule has 0 spiro atoms. The average Bonchev–Trinajstić information content (AvgIpc) is 3.37. The van der Waals surface area contributed by atoms with Crippen LogP contribution >= 0.6 is 0 Å². The molecule has 7 nitrogen and oxygen atoms in total. The first-order valence-electron chi connectivity index (χ1n) is 13.3. The van der Waals surface area contributed by atoms with Crippen molar-refractivity contribution in [2.75, 3.05) is 27.4 Å². The molecular weight excluding hydrogens is 514 g/mol. The molecule has 0 radical (unpaired) electrons. The molecule has 5 rings (SSSR count). The van der Waals surface area contributed by atoms with Crippen molar-refractivity contribution in [3.8, 4) is 17.2 Å². The van der Waals surface area contributed by atoms with Crippen molar-refractivity contribution in [2.24, 2.45) is 0 Å². The molecular formula is C31H35NO6S. The lowest BCUT2D eigenvalue weighted by Gasteiger charge is -2.28. The smallest absolute Gasteiger partial charge is 0.210 e. The normalized spacial score (nSPS) is 15.4. The minimum absolute atomic E-state index is 0.119. The first-order chi connectivity index (χ1) is 18.8. The Kier molecular flexibility index (Phi) is 7.86. The van der Waals surface area contributed by atoms with Crippen LogP contribution in [0.1, 0.15) is 55.5 Å². The Balaban J connectivity index is 1.39. The van der Waals surface area contributed by atoms with Gasteiger partial charge in [-0.1, -0.05) is 38.1 Å². The summed E-state index contributed by atoms with van der Waals surface area (Å²) in [4.78, 5) is 0.428. The molecule has 0 fully saturated rings. The van der Waals surface area contributed by atoms with Crippen LogP contribution in [0.15, 0.2) is 74.9 Å². The molecule has 3 aromatic carbocycles. The average molecular weight is 550 g/mol. The van der Waals surface area contributed by atoms with Gasteiger partial charge in [-0.3, -0.25) is 0 Å². The third-order valence-corrected chi connectivity index (χ3v) is 9.04. The number of furan rings is 1. The van der Waals surface area contributed by atoms with Gasteiger partial charge in [0.05, 0.1) is 31.1 Å². The first kappa shape index (κ1) is 27.1. The minimum atomic E-state index is -3.82. The van der Waals surface area contributed by atoms with Crippen LogP contribution in [0.5, 0.6) is 17.2 Å². The van der Waals surface area contributed by atoms with E-state index in [2.05, 4.69) is 17.4 Å². The number of benzene rings is 3. The van der Waals surface area contributed by atoms with Gasteiger partial charge < -0.3 is 23.9 Å². The van der Waals surface area contributed by atoms with Crippen LogP contribution in [-0.4, -0.2) is 35.8 Å². The molecule has 8 heteroatoms. The Labute approximate surface area is 230 Å². The monoisotopic (exact) mass is 549 g/mol. The summed E-state index contributed by atoms with van der Waals surface area (Å²) in [5.41, 5.74) is 2.99. The number of rotatable bonds is 10. The van der Waals surface area contributed by atoms with Crippen molar-refractivity contribution >= 4 is 20.8 Å². The molecule has 39 heavy (non-hydrogen) atoms. The number of sulfone groups is 1.